The van der Waals surface area contributed by atoms with Gasteiger partial charge in [0.2, 0.25) is 11.8 Å². The van der Waals surface area contributed by atoms with Gasteiger partial charge in [0.15, 0.2) is 0 Å². The lowest BCUT2D eigenvalue weighted by Crippen LogP contribution is -2.24. The molecule has 1 heterocycles. The molecule has 1 atom stereocenters. The Balaban J connectivity index is 0. The first-order valence-corrected chi connectivity index (χ1v) is 5.33. The van der Waals surface area contributed by atoms with Gasteiger partial charge in [-0.15, -0.1) is 24.8 Å². The Bertz CT molecular complexity index is 469. The second-order valence-electron chi connectivity index (χ2n) is 3.87. The van der Waals surface area contributed by atoms with Crippen molar-refractivity contribution >= 4 is 42.3 Å². The summed E-state index contributed by atoms with van der Waals surface area (Å²) in [6, 6.07) is 1.17. The van der Waals surface area contributed by atoms with Crippen molar-refractivity contribution in [3.63, 3.8) is 0 Å². The van der Waals surface area contributed by atoms with Gasteiger partial charge in [-0.2, -0.15) is 0 Å². The van der Waals surface area contributed by atoms with Crippen LogP contribution in [0.5, 0.6) is 5.88 Å². The number of aromatic nitrogens is 1. The quantitative estimate of drug-likeness (QED) is 0.736. The molecule has 0 fully saturated rings. The predicted octanol–water partition coefficient (Wildman–Crippen LogP) is 0.708. The van der Waals surface area contributed by atoms with E-state index in [9.17, 15) is 9.59 Å². The van der Waals surface area contributed by atoms with E-state index in [0.717, 1.165) is 0 Å². The van der Waals surface area contributed by atoms with Crippen LogP contribution in [0.25, 0.3) is 0 Å². The Labute approximate surface area is 129 Å². The number of rotatable bonds is 5. The highest BCUT2D eigenvalue weighted by Gasteiger charge is 2.13. The zero-order valence-corrected chi connectivity index (χ0v) is 12.7. The third kappa shape index (κ3) is 6.05. The molecule has 20 heavy (non-hydrogen) atoms. The minimum absolute atomic E-state index is 0. The summed E-state index contributed by atoms with van der Waals surface area (Å²) < 4.78 is 4.89. The summed E-state index contributed by atoms with van der Waals surface area (Å²) in [7, 11) is 1.38. The van der Waals surface area contributed by atoms with Gasteiger partial charge >= 0.3 is 0 Å². The predicted molar refractivity (Wildman–Crippen MR) is 80.7 cm³/mol. The van der Waals surface area contributed by atoms with Crippen LogP contribution in [0.2, 0.25) is 0 Å². The maximum Gasteiger partial charge on any atom is 0.254 e. The number of nitrogens with zero attached hydrogens (tertiary/aromatic N) is 1. The molecular formula is C11H18Cl2N4O3. The first kappa shape index (κ1) is 20.7. The molecular weight excluding hydrogens is 307 g/mol. The molecule has 7 nitrogen and oxygen atoms in total. The van der Waals surface area contributed by atoms with Crippen LogP contribution in [-0.4, -0.2) is 29.9 Å². The number of hydrogen-bond acceptors (Lipinski definition) is 5. The molecule has 2 amide bonds. The minimum atomic E-state index is -0.678. The number of ether oxygens (including phenoxy) is 1. The number of primary amides is 1. The lowest BCUT2D eigenvalue weighted by Gasteiger charge is -2.09. The lowest BCUT2D eigenvalue weighted by atomic mass is 10.2. The number of carbonyl (C=O) groups is 2. The number of halogens is 2. The number of hydrogen-bond donors (Lipinski definition) is 3. The molecule has 1 unspecified atom stereocenters. The van der Waals surface area contributed by atoms with Crippen molar-refractivity contribution in [2.24, 2.45) is 11.5 Å². The molecule has 0 spiro atoms. The van der Waals surface area contributed by atoms with Gasteiger partial charge in [-0.25, -0.2) is 4.98 Å². The van der Waals surface area contributed by atoms with Gasteiger partial charge in [-0.05, 0) is 13.0 Å². The number of nitrogens with one attached hydrogen (secondary N) is 1. The van der Waals surface area contributed by atoms with E-state index in [1.165, 1.54) is 19.4 Å². The monoisotopic (exact) mass is 324 g/mol. The van der Waals surface area contributed by atoms with Crippen molar-refractivity contribution in [3.05, 3.63) is 17.8 Å². The molecule has 0 bridgehead atoms. The summed E-state index contributed by atoms with van der Waals surface area (Å²) in [5, 5.41) is 2.58. The van der Waals surface area contributed by atoms with Crippen molar-refractivity contribution in [3.8, 4) is 5.88 Å². The third-order valence-electron chi connectivity index (χ3n) is 2.10. The number of methoxy groups -OCH3 is 1. The standard InChI is InChI=1S/C11H16N4O3.2ClH/c1-6(12)3-9(16)15-7-4-8(10(13)17)11(18-2)14-5-7;;/h4-6H,3,12H2,1-2H3,(H2,13,17)(H,15,16);2*1H. The van der Waals surface area contributed by atoms with E-state index in [1.54, 1.807) is 6.92 Å². The number of carbonyl (C=O) groups excluding carboxylic acids is 2. The normalized spacial score (nSPS) is 10.6. The fourth-order valence-corrected chi connectivity index (χ4v) is 1.36. The van der Waals surface area contributed by atoms with Gasteiger partial charge in [0.05, 0.1) is 19.0 Å². The summed E-state index contributed by atoms with van der Waals surface area (Å²) in [6.45, 7) is 1.72. The van der Waals surface area contributed by atoms with Gasteiger partial charge in [0, 0.05) is 12.5 Å². The highest BCUT2D eigenvalue weighted by molar-refractivity contribution is 5.97. The molecule has 0 aliphatic rings. The molecule has 1 aromatic heterocycles. The van der Waals surface area contributed by atoms with E-state index in [4.69, 9.17) is 16.2 Å². The molecule has 0 saturated heterocycles. The van der Waals surface area contributed by atoms with Gasteiger partial charge in [0.1, 0.15) is 5.56 Å². The summed E-state index contributed by atoms with van der Waals surface area (Å²) in [5.74, 6) is -0.817. The largest absolute Gasteiger partial charge is 0.480 e. The SMILES string of the molecule is COc1ncc(NC(=O)CC(C)N)cc1C(N)=O.Cl.Cl. The number of pyridine rings is 1. The van der Waals surface area contributed by atoms with Crippen LogP contribution in [0.4, 0.5) is 5.69 Å². The number of nitrogens with two attached hydrogens (primary N) is 2. The summed E-state index contributed by atoms with van der Waals surface area (Å²) in [6.07, 6.45) is 1.56. The number of amides is 2. The van der Waals surface area contributed by atoms with Crippen LogP contribution in [0.3, 0.4) is 0 Å². The lowest BCUT2D eigenvalue weighted by molar-refractivity contribution is -0.116. The van der Waals surface area contributed by atoms with E-state index < -0.39 is 5.91 Å². The summed E-state index contributed by atoms with van der Waals surface area (Å²) >= 11 is 0. The Morgan fingerprint density at radius 2 is 2.05 bits per heavy atom. The van der Waals surface area contributed by atoms with Crippen molar-refractivity contribution < 1.29 is 14.3 Å². The van der Waals surface area contributed by atoms with Crippen LogP contribution in [0, 0.1) is 0 Å². The van der Waals surface area contributed by atoms with E-state index in [1.807, 2.05) is 0 Å². The maximum atomic E-state index is 11.5. The molecule has 0 radical (unpaired) electrons. The molecule has 1 rings (SSSR count). The zero-order valence-electron chi connectivity index (χ0n) is 11.1. The first-order chi connectivity index (χ1) is 8.43. The highest BCUT2D eigenvalue weighted by Crippen LogP contribution is 2.18. The zero-order chi connectivity index (χ0) is 13.7. The average Bonchev–Trinajstić information content (AvgIpc) is 2.27. The molecule has 1 aromatic rings. The molecule has 0 saturated carbocycles. The van der Waals surface area contributed by atoms with Crippen molar-refractivity contribution in [2.75, 3.05) is 12.4 Å². The summed E-state index contributed by atoms with van der Waals surface area (Å²) in [5.41, 5.74) is 11.2. The second-order valence-corrected chi connectivity index (χ2v) is 3.87. The van der Waals surface area contributed by atoms with Crippen LogP contribution in [0.15, 0.2) is 12.3 Å². The molecule has 9 heteroatoms. The van der Waals surface area contributed by atoms with Crippen LogP contribution >= 0.6 is 24.8 Å². The van der Waals surface area contributed by atoms with Crippen molar-refractivity contribution in [1.29, 1.82) is 0 Å². The molecule has 0 aliphatic heterocycles. The van der Waals surface area contributed by atoms with E-state index >= 15 is 0 Å². The van der Waals surface area contributed by atoms with Crippen molar-refractivity contribution in [2.45, 2.75) is 19.4 Å². The number of anilines is 1. The first-order valence-electron chi connectivity index (χ1n) is 5.33. The smallest absolute Gasteiger partial charge is 0.254 e. The Morgan fingerprint density at radius 3 is 2.50 bits per heavy atom. The Kier molecular flexibility index (Phi) is 9.70. The van der Waals surface area contributed by atoms with Crippen LogP contribution < -0.4 is 21.5 Å². The van der Waals surface area contributed by atoms with E-state index in [2.05, 4.69) is 10.3 Å². The van der Waals surface area contributed by atoms with E-state index in [-0.39, 0.29) is 54.6 Å². The molecule has 0 aromatic carbocycles. The minimum Gasteiger partial charge on any atom is -0.480 e. The second kappa shape index (κ2) is 9.35. The van der Waals surface area contributed by atoms with Gasteiger partial charge in [0.25, 0.3) is 5.91 Å². The average molecular weight is 325 g/mol. The van der Waals surface area contributed by atoms with Gasteiger partial charge in [-0.1, -0.05) is 0 Å². The highest BCUT2D eigenvalue weighted by atomic mass is 35.5. The Morgan fingerprint density at radius 1 is 1.45 bits per heavy atom. The molecule has 0 aliphatic carbocycles. The van der Waals surface area contributed by atoms with Gasteiger partial charge < -0.3 is 21.5 Å². The van der Waals surface area contributed by atoms with Gasteiger partial charge in [-0.3, -0.25) is 9.59 Å². The van der Waals surface area contributed by atoms with Crippen LogP contribution in [0.1, 0.15) is 23.7 Å². The molecule has 5 N–H and O–H groups in total. The van der Waals surface area contributed by atoms with Crippen LogP contribution in [-0.2, 0) is 4.79 Å². The van der Waals surface area contributed by atoms with Crippen molar-refractivity contribution in [1.82, 2.24) is 4.98 Å². The maximum absolute atomic E-state index is 11.5. The third-order valence-corrected chi connectivity index (χ3v) is 2.10. The topological polar surface area (TPSA) is 120 Å². The van der Waals surface area contributed by atoms with E-state index in [0.29, 0.717) is 5.69 Å². The summed E-state index contributed by atoms with van der Waals surface area (Å²) in [4.78, 5) is 26.5. The fourth-order valence-electron chi connectivity index (χ4n) is 1.36. The fraction of sp³-hybridized carbons (Fsp3) is 0.364. The molecule has 114 valence electrons. The Hall–Kier alpha value is -1.57.